The predicted octanol–water partition coefficient (Wildman–Crippen LogP) is 5.73. The van der Waals surface area contributed by atoms with Crippen LogP contribution in [0.2, 0.25) is 5.02 Å². The Balaban J connectivity index is 1.37. The fourth-order valence-corrected chi connectivity index (χ4v) is 4.10. The van der Waals surface area contributed by atoms with Crippen molar-refractivity contribution in [2.75, 3.05) is 0 Å². The number of thiazole rings is 1. The minimum absolute atomic E-state index is 0.567. The van der Waals surface area contributed by atoms with Crippen molar-refractivity contribution in [1.82, 2.24) is 15.2 Å². The highest BCUT2D eigenvalue weighted by atomic mass is 35.5. The molecule has 0 saturated heterocycles. The summed E-state index contributed by atoms with van der Waals surface area (Å²) in [5.41, 5.74) is 3.21. The van der Waals surface area contributed by atoms with Gasteiger partial charge in [0.2, 0.25) is 5.89 Å². The monoisotopic (exact) mass is 399 g/mol. The van der Waals surface area contributed by atoms with Gasteiger partial charge in [0, 0.05) is 21.7 Å². The van der Waals surface area contributed by atoms with Crippen molar-refractivity contribution in [3.63, 3.8) is 0 Å². The van der Waals surface area contributed by atoms with E-state index < -0.39 is 0 Å². The maximum absolute atomic E-state index is 5.93. The summed E-state index contributed by atoms with van der Waals surface area (Å²) in [6, 6.07) is 17.8. The fraction of sp³-hybridized carbons (Fsp3) is 0.105. The van der Waals surface area contributed by atoms with E-state index in [4.69, 9.17) is 16.0 Å². The zero-order valence-electron chi connectivity index (χ0n) is 13.6. The molecule has 0 N–H and O–H groups in total. The Morgan fingerprint density at radius 1 is 1.00 bits per heavy atom. The summed E-state index contributed by atoms with van der Waals surface area (Å²) >= 11 is 9.05. The van der Waals surface area contributed by atoms with Crippen LogP contribution >= 0.6 is 34.7 Å². The second kappa shape index (κ2) is 8.03. The molecule has 0 bridgehead atoms. The number of thioether (sulfide) groups is 1. The van der Waals surface area contributed by atoms with Gasteiger partial charge >= 0.3 is 0 Å². The van der Waals surface area contributed by atoms with Gasteiger partial charge in [-0.1, -0.05) is 65.8 Å². The number of hydrogen-bond acceptors (Lipinski definition) is 6. The van der Waals surface area contributed by atoms with Crippen LogP contribution in [-0.2, 0) is 12.2 Å². The Kier molecular flexibility index (Phi) is 5.34. The predicted molar refractivity (Wildman–Crippen MR) is 106 cm³/mol. The quantitative estimate of drug-likeness (QED) is 0.387. The molecule has 2 aromatic carbocycles. The molecule has 2 heterocycles. The third-order valence-electron chi connectivity index (χ3n) is 3.63. The van der Waals surface area contributed by atoms with Crippen LogP contribution in [0.3, 0.4) is 0 Å². The number of benzene rings is 2. The lowest BCUT2D eigenvalue weighted by Crippen LogP contribution is -1.87. The first-order valence-electron chi connectivity index (χ1n) is 7.96. The van der Waals surface area contributed by atoms with Crippen molar-refractivity contribution in [2.45, 2.75) is 17.4 Å². The third kappa shape index (κ3) is 4.33. The largest absolute Gasteiger partial charge is 0.416 e. The van der Waals surface area contributed by atoms with Gasteiger partial charge in [0.15, 0.2) is 0 Å². The highest BCUT2D eigenvalue weighted by Crippen LogP contribution is 2.28. The number of hydrogen-bond donors (Lipinski definition) is 0. The second-order valence-corrected chi connectivity index (χ2v) is 7.78. The molecular weight excluding hydrogens is 386 g/mol. The van der Waals surface area contributed by atoms with Gasteiger partial charge in [0.1, 0.15) is 5.01 Å². The highest BCUT2D eigenvalue weighted by molar-refractivity contribution is 7.98. The standard InChI is InChI=1S/C19H14ClN3OS2/c20-15-8-6-14(7-9-15)18-21-16(11-25-18)12-26-19-23-22-17(24-19)10-13-4-2-1-3-5-13/h1-9,11H,10,12H2. The van der Waals surface area contributed by atoms with Gasteiger partial charge in [-0.25, -0.2) is 4.98 Å². The third-order valence-corrected chi connectivity index (χ3v) is 5.68. The van der Waals surface area contributed by atoms with Crippen molar-refractivity contribution in [3.8, 4) is 10.6 Å². The molecule has 26 heavy (non-hydrogen) atoms. The topological polar surface area (TPSA) is 51.8 Å². The molecule has 0 aliphatic heterocycles. The molecule has 0 amide bonds. The van der Waals surface area contributed by atoms with Crippen LogP contribution < -0.4 is 0 Å². The van der Waals surface area contributed by atoms with E-state index in [9.17, 15) is 0 Å². The maximum atomic E-state index is 5.93. The van der Waals surface area contributed by atoms with Crippen LogP contribution in [-0.4, -0.2) is 15.2 Å². The average molecular weight is 400 g/mol. The lowest BCUT2D eigenvalue weighted by Gasteiger charge is -1.96. The first-order valence-corrected chi connectivity index (χ1v) is 10.2. The van der Waals surface area contributed by atoms with Crippen molar-refractivity contribution in [1.29, 1.82) is 0 Å². The Labute approximate surface area is 164 Å². The van der Waals surface area contributed by atoms with Gasteiger partial charge in [-0.3, -0.25) is 0 Å². The molecule has 2 aromatic heterocycles. The molecule has 0 saturated carbocycles. The highest BCUT2D eigenvalue weighted by Gasteiger charge is 2.10. The van der Waals surface area contributed by atoms with Gasteiger partial charge in [0.25, 0.3) is 5.22 Å². The van der Waals surface area contributed by atoms with E-state index in [2.05, 4.69) is 20.6 Å². The summed E-state index contributed by atoms with van der Waals surface area (Å²) in [4.78, 5) is 4.66. The second-order valence-electron chi connectivity index (χ2n) is 5.56. The Bertz CT molecular complexity index is 983. The van der Waals surface area contributed by atoms with Gasteiger partial charge in [-0.2, -0.15) is 0 Å². The summed E-state index contributed by atoms with van der Waals surface area (Å²) in [7, 11) is 0. The average Bonchev–Trinajstić information content (AvgIpc) is 3.31. The van der Waals surface area contributed by atoms with Gasteiger partial charge < -0.3 is 4.42 Å². The molecule has 0 spiro atoms. The summed E-state index contributed by atoms with van der Waals surface area (Å²) in [6.07, 6.45) is 0.645. The minimum Gasteiger partial charge on any atom is -0.416 e. The molecule has 7 heteroatoms. The smallest absolute Gasteiger partial charge is 0.276 e. The van der Waals surface area contributed by atoms with Gasteiger partial charge in [0.05, 0.1) is 12.1 Å². The van der Waals surface area contributed by atoms with Crippen LogP contribution in [0.15, 0.2) is 69.6 Å². The Morgan fingerprint density at radius 3 is 2.62 bits per heavy atom. The van der Waals surface area contributed by atoms with E-state index >= 15 is 0 Å². The number of nitrogens with zero attached hydrogens (tertiary/aromatic N) is 3. The molecule has 0 unspecified atom stereocenters. The zero-order chi connectivity index (χ0) is 17.8. The number of rotatable bonds is 6. The Hall–Kier alpha value is -2.15. The van der Waals surface area contributed by atoms with E-state index in [0.29, 0.717) is 23.3 Å². The van der Waals surface area contributed by atoms with Gasteiger partial charge in [-0.05, 0) is 17.7 Å². The van der Waals surface area contributed by atoms with Crippen molar-refractivity contribution in [2.24, 2.45) is 0 Å². The van der Waals surface area contributed by atoms with E-state index in [0.717, 1.165) is 26.9 Å². The van der Waals surface area contributed by atoms with E-state index in [1.54, 1.807) is 11.3 Å². The van der Waals surface area contributed by atoms with Gasteiger partial charge in [-0.15, -0.1) is 21.5 Å². The molecule has 4 nitrogen and oxygen atoms in total. The first-order chi connectivity index (χ1) is 12.8. The molecule has 4 aromatic rings. The van der Waals surface area contributed by atoms with E-state index in [-0.39, 0.29) is 0 Å². The van der Waals surface area contributed by atoms with Crippen LogP contribution in [0.1, 0.15) is 17.1 Å². The summed E-state index contributed by atoms with van der Waals surface area (Å²) in [5, 5.41) is 12.6. The normalized spacial score (nSPS) is 11.0. The first kappa shape index (κ1) is 17.3. The Morgan fingerprint density at radius 2 is 1.81 bits per heavy atom. The summed E-state index contributed by atoms with van der Waals surface area (Å²) in [5.74, 6) is 1.32. The molecule has 0 atom stereocenters. The number of halogens is 1. The molecule has 0 radical (unpaired) electrons. The maximum Gasteiger partial charge on any atom is 0.276 e. The van der Waals surface area contributed by atoms with Crippen LogP contribution in [0.4, 0.5) is 0 Å². The van der Waals surface area contributed by atoms with E-state index in [1.165, 1.54) is 11.8 Å². The van der Waals surface area contributed by atoms with Crippen molar-refractivity contribution in [3.05, 3.63) is 82.1 Å². The lowest BCUT2D eigenvalue weighted by atomic mass is 10.2. The lowest BCUT2D eigenvalue weighted by molar-refractivity contribution is 0.420. The molecule has 0 fully saturated rings. The minimum atomic E-state index is 0.567. The molecule has 4 rings (SSSR count). The fourth-order valence-electron chi connectivity index (χ4n) is 2.37. The summed E-state index contributed by atoms with van der Waals surface area (Å²) in [6.45, 7) is 0. The molecule has 130 valence electrons. The molecule has 0 aliphatic carbocycles. The van der Waals surface area contributed by atoms with Crippen LogP contribution in [0, 0.1) is 0 Å². The van der Waals surface area contributed by atoms with E-state index in [1.807, 2.05) is 54.6 Å². The zero-order valence-corrected chi connectivity index (χ0v) is 16.0. The van der Waals surface area contributed by atoms with Crippen LogP contribution in [0.25, 0.3) is 10.6 Å². The van der Waals surface area contributed by atoms with Crippen molar-refractivity contribution < 1.29 is 4.42 Å². The number of aromatic nitrogens is 3. The summed E-state index contributed by atoms with van der Waals surface area (Å²) < 4.78 is 5.72. The SMILES string of the molecule is Clc1ccc(-c2nc(CSc3nnc(Cc4ccccc4)o3)cs2)cc1. The molecular formula is C19H14ClN3OS2. The molecule has 0 aliphatic rings. The van der Waals surface area contributed by atoms with Crippen molar-refractivity contribution >= 4 is 34.7 Å². The van der Waals surface area contributed by atoms with Crippen LogP contribution in [0.5, 0.6) is 0 Å².